The van der Waals surface area contributed by atoms with Crippen molar-refractivity contribution in [3.8, 4) is 0 Å². The van der Waals surface area contributed by atoms with Crippen molar-refractivity contribution < 1.29 is 13.2 Å². The number of amides is 1. The summed E-state index contributed by atoms with van der Waals surface area (Å²) in [6, 6.07) is 23.6. The molecule has 1 atom stereocenters. The van der Waals surface area contributed by atoms with Crippen LogP contribution in [0.3, 0.4) is 0 Å². The third-order valence-electron chi connectivity index (χ3n) is 6.96. The lowest BCUT2D eigenvalue weighted by Gasteiger charge is -2.29. The molecule has 1 saturated heterocycles. The molecule has 1 amide bonds. The van der Waals surface area contributed by atoms with Crippen LogP contribution in [0.1, 0.15) is 63.1 Å². The molecular formula is C30H37N3O3S. The fraction of sp³-hybridized carbons (Fsp3) is 0.367. The molecular weight excluding hydrogens is 482 g/mol. The maximum absolute atomic E-state index is 13.6. The number of benzene rings is 3. The Morgan fingerprint density at radius 1 is 0.838 bits per heavy atom. The van der Waals surface area contributed by atoms with Crippen molar-refractivity contribution in [2.75, 3.05) is 28.8 Å². The molecule has 1 heterocycles. The van der Waals surface area contributed by atoms with Crippen molar-refractivity contribution >= 4 is 27.3 Å². The second kappa shape index (κ2) is 11.8. The van der Waals surface area contributed by atoms with E-state index in [1.807, 2.05) is 31.2 Å². The summed E-state index contributed by atoms with van der Waals surface area (Å²) in [6.07, 6.45) is 3.73. The van der Waals surface area contributed by atoms with Gasteiger partial charge in [-0.1, -0.05) is 56.3 Å². The predicted octanol–water partition coefficient (Wildman–Crippen LogP) is 5.87. The van der Waals surface area contributed by atoms with Gasteiger partial charge in [-0.2, -0.15) is 0 Å². The molecule has 0 aliphatic carbocycles. The van der Waals surface area contributed by atoms with Crippen LogP contribution in [-0.4, -0.2) is 34.0 Å². The molecule has 3 aromatic rings. The highest BCUT2D eigenvalue weighted by Crippen LogP contribution is 2.26. The summed E-state index contributed by atoms with van der Waals surface area (Å²) in [7, 11) is -3.93. The lowest BCUT2D eigenvalue weighted by Crippen LogP contribution is -2.41. The van der Waals surface area contributed by atoms with Gasteiger partial charge in [-0.3, -0.25) is 9.10 Å². The van der Waals surface area contributed by atoms with E-state index < -0.39 is 10.0 Å². The average Bonchev–Trinajstić information content (AvgIpc) is 2.92. The Bertz CT molecular complexity index is 1270. The molecule has 1 unspecified atom stereocenters. The molecule has 0 radical (unpaired) electrons. The van der Waals surface area contributed by atoms with E-state index in [1.54, 1.807) is 42.5 Å². The van der Waals surface area contributed by atoms with E-state index in [2.05, 4.69) is 36.2 Å². The second-order valence-corrected chi connectivity index (χ2v) is 11.9. The minimum absolute atomic E-state index is 0.150. The van der Waals surface area contributed by atoms with Crippen molar-refractivity contribution in [2.24, 2.45) is 0 Å². The topological polar surface area (TPSA) is 69.7 Å². The van der Waals surface area contributed by atoms with Crippen LogP contribution in [0, 0.1) is 0 Å². The summed E-state index contributed by atoms with van der Waals surface area (Å²) in [5.74, 6) is -0.0428. The highest BCUT2D eigenvalue weighted by Gasteiger charge is 2.27. The quantitative estimate of drug-likeness (QED) is 0.384. The maximum atomic E-state index is 13.6. The van der Waals surface area contributed by atoms with Crippen LogP contribution in [0.2, 0.25) is 0 Å². The highest BCUT2D eigenvalue weighted by atomic mass is 32.2. The van der Waals surface area contributed by atoms with E-state index in [9.17, 15) is 13.2 Å². The SMILES string of the molecule is CC(C)c1ccc(N(CC(=O)NC(C)c2ccc(N3CCCCC3)cc2)S(=O)(=O)c2ccccc2)cc1. The first-order valence-electron chi connectivity index (χ1n) is 13.1. The average molecular weight is 520 g/mol. The Morgan fingerprint density at radius 3 is 2.03 bits per heavy atom. The number of nitrogens with one attached hydrogen (secondary N) is 1. The van der Waals surface area contributed by atoms with Crippen molar-refractivity contribution in [2.45, 2.75) is 56.9 Å². The first-order valence-corrected chi connectivity index (χ1v) is 14.5. The van der Waals surface area contributed by atoms with Crippen LogP contribution in [0.5, 0.6) is 0 Å². The molecule has 1 aliphatic heterocycles. The van der Waals surface area contributed by atoms with Gasteiger partial charge in [-0.25, -0.2) is 8.42 Å². The number of anilines is 2. The van der Waals surface area contributed by atoms with Gasteiger partial charge in [0, 0.05) is 18.8 Å². The molecule has 6 nitrogen and oxygen atoms in total. The van der Waals surface area contributed by atoms with Gasteiger partial charge < -0.3 is 10.2 Å². The van der Waals surface area contributed by atoms with E-state index >= 15 is 0 Å². The van der Waals surface area contributed by atoms with Crippen molar-refractivity contribution in [1.82, 2.24) is 5.32 Å². The normalized spacial score (nSPS) is 14.9. The molecule has 3 aromatic carbocycles. The molecule has 196 valence electrons. The van der Waals surface area contributed by atoms with Crippen molar-refractivity contribution in [3.63, 3.8) is 0 Å². The number of rotatable bonds is 9. The summed E-state index contributed by atoms with van der Waals surface area (Å²) < 4.78 is 28.3. The van der Waals surface area contributed by atoms with Gasteiger partial charge in [-0.15, -0.1) is 0 Å². The first-order chi connectivity index (χ1) is 17.8. The molecule has 1 N–H and O–H groups in total. The molecule has 1 fully saturated rings. The van der Waals surface area contributed by atoms with Crippen LogP contribution < -0.4 is 14.5 Å². The van der Waals surface area contributed by atoms with Gasteiger partial charge in [0.05, 0.1) is 16.6 Å². The Labute approximate surface area is 221 Å². The van der Waals surface area contributed by atoms with Gasteiger partial charge in [0.15, 0.2) is 0 Å². The predicted molar refractivity (Wildman–Crippen MR) is 151 cm³/mol. The molecule has 4 rings (SSSR count). The Morgan fingerprint density at radius 2 is 1.43 bits per heavy atom. The first kappa shape index (κ1) is 26.7. The lowest BCUT2D eigenvalue weighted by atomic mass is 10.0. The maximum Gasteiger partial charge on any atom is 0.264 e. The van der Waals surface area contributed by atoms with E-state index in [0.29, 0.717) is 11.6 Å². The fourth-order valence-corrected chi connectivity index (χ4v) is 6.13. The molecule has 0 bridgehead atoms. The van der Waals surface area contributed by atoms with Crippen LogP contribution in [0.4, 0.5) is 11.4 Å². The fourth-order valence-electron chi connectivity index (χ4n) is 4.69. The number of carbonyl (C=O) groups is 1. The number of piperidine rings is 1. The van der Waals surface area contributed by atoms with Gasteiger partial charge in [0.1, 0.15) is 6.54 Å². The summed E-state index contributed by atoms with van der Waals surface area (Å²) >= 11 is 0. The van der Waals surface area contributed by atoms with Gasteiger partial charge in [-0.05, 0) is 79.6 Å². The zero-order valence-electron chi connectivity index (χ0n) is 21.9. The highest BCUT2D eigenvalue weighted by molar-refractivity contribution is 7.92. The van der Waals surface area contributed by atoms with Crippen LogP contribution in [-0.2, 0) is 14.8 Å². The zero-order valence-corrected chi connectivity index (χ0v) is 22.7. The Kier molecular flexibility index (Phi) is 8.54. The summed E-state index contributed by atoms with van der Waals surface area (Å²) in [6.45, 7) is 7.93. The molecule has 7 heteroatoms. The summed E-state index contributed by atoms with van der Waals surface area (Å²) in [5.41, 5.74) is 3.74. The van der Waals surface area contributed by atoms with Gasteiger partial charge in [0.2, 0.25) is 5.91 Å². The smallest absolute Gasteiger partial charge is 0.264 e. The largest absolute Gasteiger partial charge is 0.372 e. The minimum Gasteiger partial charge on any atom is -0.372 e. The van der Waals surface area contributed by atoms with Crippen LogP contribution >= 0.6 is 0 Å². The van der Waals surface area contributed by atoms with Gasteiger partial charge >= 0.3 is 0 Å². The van der Waals surface area contributed by atoms with E-state index in [1.165, 1.54) is 29.3 Å². The molecule has 0 spiro atoms. The number of sulfonamides is 1. The summed E-state index contributed by atoms with van der Waals surface area (Å²) in [4.78, 5) is 15.7. The van der Waals surface area contributed by atoms with E-state index in [-0.39, 0.29) is 23.4 Å². The molecule has 0 aromatic heterocycles. The summed E-state index contributed by atoms with van der Waals surface area (Å²) in [5, 5.41) is 2.99. The lowest BCUT2D eigenvalue weighted by molar-refractivity contribution is -0.120. The Balaban J connectivity index is 1.51. The number of nitrogens with zero attached hydrogens (tertiary/aromatic N) is 2. The Hall–Kier alpha value is -3.32. The molecule has 0 saturated carbocycles. The van der Waals surface area contributed by atoms with Gasteiger partial charge in [0.25, 0.3) is 10.0 Å². The monoisotopic (exact) mass is 519 g/mol. The van der Waals surface area contributed by atoms with Crippen LogP contribution in [0.25, 0.3) is 0 Å². The standard InChI is InChI=1S/C30H37N3O3S/c1-23(2)25-12-18-28(19-13-25)33(37(35,36)29-10-6-4-7-11-29)22-30(34)31-24(3)26-14-16-27(17-15-26)32-20-8-5-9-21-32/h4,6-7,10-19,23-24H,5,8-9,20-22H2,1-3H3,(H,31,34). The minimum atomic E-state index is -3.93. The number of hydrogen-bond acceptors (Lipinski definition) is 4. The molecule has 37 heavy (non-hydrogen) atoms. The van der Waals surface area contributed by atoms with Crippen molar-refractivity contribution in [1.29, 1.82) is 0 Å². The zero-order chi connectivity index (χ0) is 26.4. The molecule has 1 aliphatic rings. The number of hydrogen-bond donors (Lipinski definition) is 1. The van der Waals surface area contributed by atoms with Crippen molar-refractivity contribution in [3.05, 3.63) is 90.0 Å². The second-order valence-electron chi connectivity index (χ2n) is 10.00. The third kappa shape index (κ3) is 6.52. The van der Waals surface area contributed by atoms with E-state index in [4.69, 9.17) is 0 Å². The van der Waals surface area contributed by atoms with E-state index in [0.717, 1.165) is 24.2 Å². The van der Waals surface area contributed by atoms with Crippen LogP contribution in [0.15, 0.2) is 83.8 Å². The number of carbonyl (C=O) groups excluding carboxylic acids is 1. The third-order valence-corrected chi connectivity index (χ3v) is 8.75.